The molecule has 1 aromatic heterocycles. The first-order valence-electron chi connectivity index (χ1n) is 9.83. The molecule has 0 fully saturated rings. The van der Waals surface area contributed by atoms with E-state index in [0.29, 0.717) is 29.9 Å². The second-order valence-corrected chi connectivity index (χ2v) is 8.01. The summed E-state index contributed by atoms with van der Waals surface area (Å²) in [5, 5.41) is 25.5. The van der Waals surface area contributed by atoms with Crippen LogP contribution in [-0.4, -0.2) is 44.4 Å². The Morgan fingerprint density at radius 1 is 1.16 bits per heavy atom. The van der Waals surface area contributed by atoms with Crippen molar-refractivity contribution in [2.45, 2.75) is 24.9 Å². The number of nitro benzene ring substituents is 1. The summed E-state index contributed by atoms with van der Waals surface area (Å²) in [6, 6.07) is 14.6. The van der Waals surface area contributed by atoms with Gasteiger partial charge in [-0.1, -0.05) is 49.9 Å². The lowest BCUT2D eigenvalue weighted by molar-refractivity contribution is -0.384. The van der Waals surface area contributed by atoms with E-state index in [9.17, 15) is 14.9 Å². The molecule has 0 unspecified atom stereocenters. The molecule has 0 aliphatic heterocycles. The third-order valence-electron chi connectivity index (χ3n) is 4.55. The van der Waals surface area contributed by atoms with Gasteiger partial charge in [0.1, 0.15) is 12.0 Å². The standard InChI is InChI=1S/C21H24N6O3S/c1-15(2)16-7-9-17(10-8-16)26-14-24-25-21(26)31-13-20(28)23-12-11-22-18-5-3-4-6-19(18)27(29)30/h3-10,14-15,22H,11-13H2,1-2H3,(H,23,28). The molecule has 31 heavy (non-hydrogen) atoms. The number of amides is 1. The van der Waals surface area contributed by atoms with Crippen molar-refractivity contribution in [3.05, 3.63) is 70.5 Å². The molecule has 9 nitrogen and oxygen atoms in total. The van der Waals surface area contributed by atoms with Crippen molar-refractivity contribution in [1.82, 2.24) is 20.1 Å². The van der Waals surface area contributed by atoms with Crippen molar-refractivity contribution in [3.8, 4) is 5.69 Å². The maximum atomic E-state index is 12.2. The third-order valence-corrected chi connectivity index (χ3v) is 5.49. The Bertz CT molecular complexity index is 1040. The minimum absolute atomic E-state index is 0.00476. The number of anilines is 1. The van der Waals surface area contributed by atoms with Crippen LogP contribution >= 0.6 is 11.8 Å². The van der Waals surface area contributed by atoms with E-state index in [2.05, 4.69) is 46.8 Å². The average molecular weight is 441 g/mol. The average Bonchev–Trinajstić information content (AvgIpc) is 3.24. The minimum atomic E-state index is -0.440. The van der Waals surface area contributed by atoms with Gasteiger partial charge in [-0.05, 0) is 29.7 Å². The SMILES string of the molecule is CC(C)c1ccc(-n2cnnc2SCC(=O)NCCNc2ccccc2[N+](=O)[O-])cc1. The molecule has 162 valence electrons. The number of carbonyl (C=O) groups excluding carboxylic acids is 1. The Morgan fingerprint density at radius 2 is 1.90 bits per heavy atom. The summed E-state index contributed by atoms with van der Waals surface area (Å²) in [6.07, 6.45) is 1.63. The number of rotatable bonds is 10. The summed E-state index contributed by atoms with van der Waals surface area (Å²) in [7, 11) is 0. The molecule has 0 radical (unpaired) electrons. The molecule has 1 heterocycles. The number of para-hydroxylation sites is 2. The van der Waals surface area contributed by atoms with Crippen LogP contribution in [0.1, 0.15) is 25.3 Å². The topological polar surface area (TPSA) is 115 Å². The smallest absolute Gasteiger partial charge is 0.292 e. The highest BCUT2D eigenvalue weighted by Gasteiger charge is 2.12. The zero-order chi connectivity index (χ0) is 22.2. The van der Waals surface area contributed by atoms with Gasteiger partial charge in [0.2, 0.25) is 5.91 Å². The van der Waals surface area contributed by atoms with Gasteiger partial charge in [0.05, 0.1) is 10.7 Å². The first kappa shape index (κ1) is 22.3. The fraction of sp³-hybridized carbons (Fsp3) is 0.286. The number of nitrogens with zero attached hydrogens (tertiary/aromatic N) is 4. The second-order valence-electron chi connectivity index (χ2n) is 7.07. The summed E-state index contributed by atoms with van der Waals surface area (Å²) < 4.78 is 1.85. The van der Waals surface area contributed by atoms with E-state index in [4.69, 9.17) is 0 Å². The quantitative estimate of drug-likeness (QED) is 0.214. The number of aromatic nitrogens is 3. The molecule has 0 aliphatic carbocycles. The molecule has 2 aromatic carbocycles. The highest BCUT2D eigenvalue weighted by molar-refractivity contribution is 7.99. The summed E-state index contributed by atoms with van der Waals surface area (Å²) in [6.45, 7) is 5.00. The first-order valence-corrected chi connectivity index (χ1v) is 10.8. The van der Waals surface area contributed by atoms with Crippen molar-refractivity contribution < 1.29 is 9.72 Å². The number of thioether (sulfide) groups is 1. The fourth-order valence-electron chi connectivity index (χ4n) is 2.88. The molecule has 1 amide bonds. The van der Waals surface area contributed by atoms with Gasteiger partial charge >= 0.3 is 0 Å². The van der Waals surface area contributed by atoms with E-state index in [1.165, 1.54) is 23.4 Å². The van der Waals surface area contributed by atoms with E-state index in [0.717, 1.165) is 5.69 Å². The molecule has 3 aromatic rings. The van der Waals surface area contributed by atoms with Crippen LogP contribution < -0.4 is 10.6 Å². The first-order chi connectivity index (χ1) is 15.0. The van der Waals surface area contributed by atoms with Crippen molar-refractivity contribution in [2.24, 2.45) is 0 Å². The molecule has 0 saturated carbocycles. The van der Waals surface area contributed by atoms with Crippen LogP contribution in [0.4, 0.5) is 11.4 Å². The number of hydrogen-bond acceptors (Lipinski definition) is 7. The molecule has 2 N–H and O–H groups in total. The zero-order valence-corrected chi connectivity index (χ0v) is 18.1. The van der Waals surface area contributed by atoms with Crippen LogP contribution in [0.3, 0.4) is 0 Å². The monoisotopic (exact) mass is 440 g/mol. The molecular formula is C21H24N6O3S. The number of nitrogens with one attached hydrogen (secondary N) is 2. The van der Waals surface area contributed by atoms with Crippen LogP contribution in [-0.2, 0) is 4.79 Å². The maximum Gasteiger partial charge on any atom is 0.292 e. The maximum absolute atomic E-state index is 12.2. The fourth-order valence-corrected chi connectivity index (χ4v) is 3.64. The Balaban J connectivity index is 1.47. The minimum Gasteiger partial charge on any atom is -0.378 e. The summed E-state index contributed by atoms with van der Waals surface area (Å²) in [5.41, 5.74) is 2.61. The molecule has 0 aliphatic rings. The normalized spacial score (nSPS) is 10.8. The Hall–Kier alpha value is -3.40. The van der Waals surface area contributed by atoms with Crippen molar-refractivity contribution in [3.63, 3.8) is 0 Å². The second kappa shape index (κ2) is 10.6. The summed E-state index contributed by atoms with van der Waals surface area (Å²) in [4.78, 5) is 22.7. The van der Waals surface area contributed by atoms with Crippen molar-refractivity contribution in [1.29, 1.82) is 0 Å². The van der Waals surface area contributed by atoms with Gasteiger partial charge in [0.15, 0.2) is 5.16 Å². The van der Waals surface area contributed by atoms with E-state index >= 15 is 0 Å². The van der Waals surface area contributed by atoms with Crippen LogP contribution in [0.2, 0.25) is 0 Å². The number of hydrogen-bond donors (Lipinski definition) is 2. The van der Waals surface area contributed by atoms with Gasteiger partial charge < -0.3 is 10.6 Å². The lowest BCUT2D eigenvalue weighted by Crippen LogP contribution is -2.30. The van der Waals surface area contributed by atoms with Gasteiger partial charge in [0.25, 0.3) is 5.69 Å². The predicted octanol–water partition coefficient (Wildman–Crippen LogP) is 3.62. The Labute approximate surface area is 184 Å². The molecule has 0 bridgehead atoms. The number of nitro groups is 1. The van der Waals surface area contributed by atoms with Gasteiger partial charge in [-0.25, -0.2) is 0 Å². The van der Waals surface area contributed by atoms with Gasteiger partial charge in [0, 0.05) is 24.8 Å². The van der Waals surface area contributed by atoms with Crippen LogP contribution in [0.15, 0.2) is 60.0 Å². The molecular weight excluding hydrogens is 416 g/mol. The van der Waals surface area contributed by atoms with E-state index in [1.807, 2.05) is 16.7 Å². The lowest BCUT2D eigenvalue weighted by Gasteiger charge is -2.10. The predicted molar refractivity (Wildman–Crippen MR) is 121 cm³/mol. The van der Waals surface area contributed by atoms with Crippen molar-refractivity contribution >= 4 is 29.0 Å². The van der Waals surface area contributed by atoms with Gasteiger partial charge in [-0.15, -0.1) is 10.2 Å². The Kier molecular flexibility index (Phi) is 7.60. The zero-order valence-electron chi connectivity index (χ0n) is 17.3. The molecule has 0 saturated heterocycles. The number of carbonyl (C=O) groups is 1. The van der Waals surface area contributed by atoms with E-state index < -0.39 is 4.92 Å². The van der Waals surface area contributed by atoms with E-state index in [1.54, 1.807) is 24.5 Å². The highest BCUT2D eigenvalue weighted by Crippen LogP contribution is 2.23. The third kappa shape index (κ3) is 6.05. The highest BCUT2D eigenvalue weighted by atomic mass is 32.2. The van der Waals surface area contributed by atoms with Gasteiger partial charge in [-0.3, -0.25) is 19.5 Å². The molecule has 3 rings (SSSR count). The van der Waals surface area contributed by atoms with Gasteiger partial charge in [-0.2, -0.15) is 0 Å². The lowest BCUT2D eigenvalue weighted by atomic mass is 10.0. The van der Waals surface area contributed by atoms with Crippen LogP contribution in [0, 0.1) is 10.1 Å². The summed E-state index contributed by atoms with van der Waals surface area (Å²) >= 11 is 1.30. The molecule has 10 heteroatoms. The molecule has 0 spiro atoms. The summed E-state index contributed by atoms with van der Waals surface area (Å²) in [5.74, 6) is 0.489. The number of benzene rings is 2. The van der Waals surface area contributed by atoms with E-state index in [-0.39, 0.29) is 17.3 Å². The largest absolute Gasteiger partial charge is 0.378 e. The Morgan fingerprint density at radius 3 is 2.61 bits per heavy atom. The van der Waals surface area contributed by atoms with Crippen LogP contribution in [0.5, 0.6) is 0 Å². The van der Waals surface area contributed by atoms with Crippen LogP contribution in [0.25, 0.3) is 5.69 Å². The van der Waals surface area contributed by atoms with Crippen molar-refractivity contribution in [2.75, 3.05) is 24.2 Å². The molecule has 0 atom stereocenters.